The van der Waals surface area contributed by atoms with Gasteiger partial charge in [0.1, 0.15) is 11.5 Å². The molecule has 35 heavy (non-hydrogen) atoms. The first-order chi connectivity index (χ1) is 16.8. The van der Waals surface area contributed by atoms with Crippen LogP contribution in [0.3, 0.4) is 0 Å². The van der Waals surface area contributed by atoms with Crippen molar-refractivity contribution in [1.82, 2.24) is 4.90 Å². The molecule has 5 rings (SSSR count). The second-order valence-corrected chi connectivity index (χ2v) is 11.4. The van der Waals surface area contributed by atoms with Crippen molar-refractivity contribution < 1.29 is 23.8 Å². The molecule has 1 aromatic carbocycles. The lowest BCUT2D eigenvalue weighted by molar-refractivity contribution is -0.151. The minimum Gasteiger partial charge on any atom is -0.497 e. The number of amides is 1. The molecule has 0 aromatic heterocycles. The summed E-state index contributed by atoms with van der Waals surface area (Å²) in [6.07, 6.45) is 7.55. The molecule has 0 radical (unpaired) electrons. The highest BCUT2D eigenvalue weighted by atomic mass is 16.5. The van der Waals surface area contributed by atoms with Gasteiger partial charge in [-0.05, 0) is 68.4 Å². The number of likely N-dealkylation sites (tertiary alicyclic amines) is 1. The van der Waals surface area contributed by atoms with Crippen LogP contribution in [0, 0.1) is 22.7 Å². The number of hydrogen-bond acceptors (Lipinski definition) is 5. The molecule has 0 bridgehead atoms. The molecule has 1 heterocycles. The number of hydrogen-bond donors (Lipinski definition) is 0. The van der Waals surface area contributed by atoms with Gasteiger partial charge in [0.25, 0.3) is 0 Å². The summed E-state index contributed by atoms with van der Waals surface area (Å²) >= 11 is 0. The average Bonchev–Trinajstić information content (AvgIpc) is 3.22. The fourth-order valence-electron chi connectivity index (χ4n) is 8.12. The minimum atomic E-state index is -0.0667. The molecule has 0 unspecified atom stereocenters. The van der Waals surface area contributed by atoms with Crippen molar-refractivity contribution in [2.75, 3.05) is 21.3 Å². The maximum atomic E-state index is 13.3. The molecule has 6 heteroatoms. The molecule has 3 fully saturated rings. The van der Waals surface area contributed by atoms with E-state index >= 15 is 0 Å². The van der Waals surface area contributed by atoms with Gasteiger partial charge in [-0.1, -0.05) is 25.0 Å². The quantitative estimate of drug-likeness (QED) is 0.422. The molecule has 5 atom stereocenters. The third kappa shape index (κ3) is 3.66. The Kier molecular flexibility index (Phi) is 6.13. The summed E-state index contributed by atoms with van der Waals surface area (Å²) in [5.74, 6) is 2.17. The van der Waals surface area contributed by atoms with Crippen LogP contribution in [0.4, 0.5) is 0 Å². The number of piperidine rings is 1. The zero-order chi connectivity index (χ0) is 25.0. The largest absolute Gasteiger partial charge is 0.497 e. The van der Waals surface area contributed by atoms with E-state index in [1.807, 2.05) is 18.2 Å². The molecular weight excluding hydrogens is 442 g/mol. The summed E-state index contributed by atoms with van der Waals surface area (Å²) in [7, 11) is 4.83. The monoisotopic (exact) mass is 481 g/mol. The van der Waals surface area contributed by atoms with Gasteiger partial charge in [0, 0.05) is 36.1 Å². The topological polar surface area (TPSA) is 65.1 Å². The van der Waals surface area contributed by atoms with Crippen LogP contribution in [0.2, 0.25) is 0 Å². The van der Waals surface area contributed by atoms with Gasteiger partial charge in [-0.3, -0.25) is 9.59 Å². The molecule has 0 N–H and O–H groups in total. The van der Waals surface area contributed by atoms with Crippen molar-refractivity contribution in [2.24, 2.45) is 22.7 Å². The van der Waals surface area contributed by atoms with E-state index in [-0.39, 0.29) is 34.7 Å². The lowest BCUT2D eigenvalue weighted by Crippen LogP contribution is -2.59. The Labute approximate surface area is 209 Å². The van der Waals surface area contributed by atoms with Crippen molar-refractivity contribution in [1.29, 1.82) is 0 Å². The fourth-order valence-corrected chi connectivity index (χ4v) is 8.12. The van der Waals surface area contributed by atoms with Gasteiger partial charge in [-0.25, -0.2) is 0 Å². The first kappa shape index (κ1) is 24.2. The third-order valence-corrected chi connectivity index (χ3v) is 10.0. The second kappa shape index (κ2) is 8.86. The molecule has 2 saturated carbocycles. The molecule has 0 spiro atoms. The van der Waals surface area contributed by atoms with Gasteiger partial charge in [0.15, 0.2) is 0 Å². The lowest BCUT2D eigenvalue weighted by Gasteiger charge is -2.58. The lowest BCUT2D eigenvalue weighted by atomic mass is 9.52. The number of carbonyl (C=O) groups excluding carboxylic acids is 2. The van der Waals surface area contributed by atoms with Gasteiger partial charge in [0.2, 0.25) is 5.91 Å². The van der Waals surface area contributed by atoms with Gasteiger partial charge in [-0.15, -0.1) is 0 Å². The number of ether oxygens (including phenoxy) is 3. The Morgan fingerprint density at radius 2 is 1.83 bits per heavy atom. The molecule has 190 valence electrons. The Morgan fingerprint density at radius 3 is 2.54 bits per heavy atom. The maximum Gasteiger partial charge on any atom is 0.309 e. The number of rotatable bonds is 5. The van der Waals surface area contributed by atoms with Crippen LogP contribution in [0.1, 0.15) is 70.8 Å². The van der Waals surface area contributed by atoms with E-state index in [0.29, 0.717) is 18.9 Å². The summed E-state index contributed by atoms with van der Waals surface area (Å²) in [6.45, 7) is 5.27. The number of esters is 1. The molecule has 1 amide bonds. The average molecular weight is 482 g/mol. The van der Waals surface area contributed by atoms with Crippen LogP contribution in [0.25, 0.3) is 0 Å². The van der Waals surface area contributed by atoms with E-state index in [4.69, 9.17) is 14.2 Å². The highest BCUT2D eigenvalue weighted by molar-refractivity contribution is 5.78. The molecular formula is C29H39NO5. The Bertz CT molecular complexity index is 1060. The smallest absolute Gasteiger partial charge is 0.309 e. The predicted molar refractivity (Wildman–Crippen MR) is 133 cm³/mol. The van der Waals surface area contributed by atoms with Crippen LogP contribution in [-0.4, -0.2) is 44.1 Å². The first-order valence-corrected chi connectivity index (χ1v) is 13.1. The van der Waals surface area contributed by atoms with E-state index in [1.165, 1.54) is 12.7 Å². The van der Waals surface area contributed by atoms with Gasteiger partial charge >= 0.3 is 5.97 Å². The number of fused-ring (bicyclic) bond motifs is 4. The van der Waals surface area contributed by atoms with E-state index < -0.39 is 0 Å². The Hall–Kier alpha value is -2.50. The van der Waals surface area contributed by atoms with Crippen molar-refractivity contribution in [3.63, 3.8) is 0 Å². The van der Waals surface area contributed by atoms with Gasteiger partial charge < -0.3 is 19.1 Å². The first-order valence-electron chi connectivity index (χ1n) is 13.1. The number of methoxy groups -OCH3 is 3. The Balaban J connectivity index is 1.46. The summed E-state index contributed by atoms with van der Waals surface area (Å²) < 4.78 is 16.2. The van der Waals surface area contributed by atoms with Crippen LogP contribution >= 0.6 is 0 Å². The van der Waals surface area contributed by atoms with Gasteiger partial charge in [0.05, 0.1) is 27.2 Å². The van der Waals surface area contributed by atoms with E-state index in [9.17, 15) is 9.59 Å². The van der Waals surface area contributed by atoms with Crippen molar-refractivity contribution in [2.45, 2.75) is 77.8 Å². The number of allylic oxidation sites excluding steroid dienone is 2. The van der Waals surface area contributed by atoms with Crippen molar-refractivity contribution >= 4 is 11.9 Å². The van der Waals surface area contributed by atoms with Crippen molar-refractivity contribution in [3.8, 4) is 11.5 Å². The zero-order valence-corrected chi connectivity index (χ0v) is 21.8. The summed E-state index contributed by atoms with van der Waals surface area (Å²) in [4.78, 5) is 28.0. The van der Waals surface area contributed by atoms with E-state index in [0.717, 1.165) is 62.0 Å². The standard InChI is InChI=1S/C29H39NO5/c1-28-14-12-22-20(21(28)9-10-23(28)27(32)35-5)8-11-25-29(22,2)15-13-26(31)30(25)17-18-6-7-19(33-3)16-24(18)34-4/h6-7,16,22-23,25H,8-15,17H2,1-5H3/t22-,23+,25+,28-,29+/m0/s1. The Morgan fingerprint density at radius 1 is 1.03 bits per heavy atom. The highest BCUT2D eigenvalue weighted by Gasteiger charge is 2.58. The fraction of sp³-hybridized carbons (Fsp3) is 0.655. The molecule has 1 aromatic rings. The summed E-state index contributed by atoms with van der Waals surface area (Å²) in [5, 5.41) is 0. The van der Waals surface area contributed by atoms with Crippen molar-refractivity contribution in [3.05, 3.63) is 34.9 Å². The minimum absolute atomic E-state index is 0.0200. The predicted octanol–water partition coefficient (Wildman–Crippen LogP) is 5.29. The normalized spacial score (nSPS) is 34.1. The number of nitrogens with zero attached hydrogens (tertiary/aromatic N) is 1. The van der Waals surface area contributed by atoms with Crippen LogP contribution in [0.5, 0.6) is 11.5 Å². The van der Waals surface area contributed by atoms with E-state index in [2.05, 4.69) is 18.7 Å². The highest BCUT2D eigenvalue weighted by Crippen LogP contribution is 2.63. The number of carbonyl (C=O) groups is 2. The van der Waals surface area contributed by atoms with E-state index in [1.54, 1.807) is 19.8 Å². The molecule has 1 saturated heterocycles. The molecule has 3 aliphatic carbocycles. The zero-order valence-electron chi connectivity index (χ0n) is 21.8. The third-order valence-electron chi connectivity index (χ3n) is 10.0. The van der Waals surface area contributed by atoms with Crippen LogP contribution in [0.15, 0.2) is 29.3 Å². The summed E-state index contributed by atoms with van der Waals surface area (Å²) in [6, 6.07) is 6.07. The van der Waals surface area contributed by atoms with Gasteiger partial charge in [-0.2, -0.15) is 0 Å². The van der Waals surface area contributed by atoms with Crippen LogP contribution < -0.4 is 9.47 Å². The molecule has 1 aliphatic heterocycles. The SMILES string of the molecule is COC(=O)[C@H]1CCC2=C3CC[C@H]4N(Cc5ccc(OC)cc5OC)C(=O)CC[C@]4(C)[C@H]3CC[C@@]21C. The molecule has 4 aliphatic rings. The van der Waals surface area contributed by atoms with Crippen LogP contribution in [-0.2, 0) is 20.9 Å². The second-order valence-electron chi connectivity index (χ2n) is 11.4. The summed E-state index contributed by atoms with van der Waals surface area (Å²) in [5.41, 5.74) is 4.13. The molecule has 6 nitrogen and oxygen atoms in total. The number of benzene rings is 1. The maximum absolute atomic E-state index is 13.3.